The van der Waals surface area contributed by atoms with Gasteiger partial charge in [-0.25, -0.2) is 4.52 Å². The molecular formula is C16H13Cl2N3S. The maximum Gasteiger partial charge on any atom is 0.132 e. The van der Waals surface area contributed by atoms with Crippen LogP contribution in [0.15, 0.2) is 34.8 Å². The van der Waals surface area contributed by atoms with E-state index in [1.165, 1.54) is 10.4 Å². The highest BCUT2D eigenvalue weighted by Crippen LogP contribution is 2.33. The summed E-state index contributed by atoms with van der Waals surface area (Å²) in [6.45, 7) is 4.31. The molecule has 1 aliphatic rings. The molecule has 3 aromatic rings. The summed E-state index contributed by atoms with van der Waals surface area (Å²) in [4.78, 5) is 6.16. The second-order valence-electron chi connectivity index (χ2n) is 6.08. The summed E-state index contributed by atoms with van der Waals surface area (Å²) in [6.07, 6.45) is 2.77. The van der Waals surface area contributed by atoms with Gasteiger partial charge in [-0.3, -0.25) is 4.99 Å². The van der Waals surface area contributed by atoms with E-state index >= 15 is 0 Å². The molecule has 6 heteroatoms. The molecule has 4 rings (SSSR count). The Bertz CT molecular complexity index is 921. The minimum absolute atomic E-state index is 0.112. The van der Waals surface area contributed by atoms with Crippen molar-refractivity contribution in [1.29, 1.82) is 0 Å². The fourth-order valence-corrected chi connectivity index (χ4v) is 4.35. The van der Waals surface area contributed by atoms with Crippen molar-refractivity contribution in [2.75, 3.05) is 0 Å². The number of fused-ring (bicyclic) bond motifs is 2. The summed E-state index contributed by atoms with van der Waals surface area (Å²) in [5, 5.41) is 7.63. The minimum atomic E-state index is -0.112. The predicted octanol–water partition coefficient (Wildman–Crippen LogP) is 4.87. The lowest BCUT2D eigenvalue weighted by atomic mass is 9.90. The van der Waals surface area contributed by atoms with Gasteiger partial charge in [0.25, 0.3) is 0 Å². The highest BCUT2D eigenvalue weighted by molar-refractivity contribution is 7.12. The topological polar surface area (TPSA) is 29.7 Å². The SMILES string of the molecule is CC1(C)Cc2ccsc2C(c2cnn3c(Cl)cc(Cl)c3c2)=N1. The van der Waals surface area contributed by atoms with Gasteiger partial charge >= 0.3 is 0 Å². The van der Waals surface area contributed by atoms with Gasteiger partial charge in [-0.1, -0.05) is 23.2 Å². The zero-order chi connectivity index (χ0) is 15.5. The number of hydrogen-bond acceptors (Lipinski definition) is 3. The van der Waals surface area contributed by atoms with Crippen LogP contribution in [0.5, 0.6) is 0 Å². The number of thiophene rings is 1. The molecule has 0 fully saturated rings. The third kappa shape index (κ3) is 2.18. The summed E-state index contributed by atoms with van der Waals surface area (Å²) in [7, 11) is 0. The van der Waals surface area contributed by atoms with Crippen molar-refractivity contribution in [2.45, 2.75) is 25.8 Å². The lowest BCUT2D eigenvalue weighted by Crippen LogP contribution is -2.28. The van der Waals surface area contributed by atoms with Gasteiger partial charge in [0.05, 0.1) is 32.9 Å². The third-order valence-corrected chi connectivity index (χ3v) is 5.33. The zero-order valence-electron chi connectivity index (χ0n) is 12.1. The maximum atomic E-state index is 6.24. The van der Waals surface area contributed by atoms with Crippen molar-refractivity contribution in [2.24, 2.45) is 4.99 Å². The van der Waals surface area contributed by atoms with Gasteiger partial charge in [0, 0.05) is 5.56 Å². The van der Waals surface area contributed by atoms with Gasteiger partial charge in [-0.15, -0.1) is 11.3 Å². The van der Waals surface area contributed by atoms with E-state index in [9.17, 15) is 0 Å². The lowest BCUT2D eigenvalue weighted by Gasteiger charge is -2.27. The molecule has 4 heterocycles. The Morgan fingerprint density at radius 3 is 2.91 bits per heavy atom. The molecular weight excluding hydrogens is 337 g/mol. The molecule has 0 saturated carbocycles. The first-order valence-corrected chi connectivity index (χ1v) is 8.58. The molecule has 0 N–H and O–H groups in total. The number of hydrogen-bond donors (Lipinski definition) is 0. The Hall–Kier alpha value is -1.36. The first-order valence-electron chi connectivity index (χ1n) is 6.94. The van der Waals surface area contributed by atoms with Crippen molar-refractivity contribution in [3.8, 4) is 0 Å². The number of halogens is 2. The second kappa shape index (κ2) is 4.82. The Morgan fingerprint density at radius 1 is 1.27 bits per heavy atom. The molecule has 0 amide bonds. The van der Waals surface area contributed by atoms with E-state index in [0.29, 0.717) is 10.2 Å². The summed E-state index contributed by atoms with van der Waals surface area (Å²) in [5.74, 6) is 0. The number of aliphatic imine (C=N–C) groups is 1. The van der Waals surface area contributed by atoms with Gasteiger partial charge in [-0.05, 0) is 49.4 Å². The van der Waals surface area contributed by atoms with Crippen LogP contribution in [-0.2, 0) is 6.42 Å². The van der Waals surface area contributed by atoms with Crippen LogP contribution in [0.1, 0.15) is 29.9 Å². The first-order chi connectivity index (χ1) is 10.4. The molecule has 0 spiro atoms. The molecule has 1 aliphatic heterocycles. The van der Waals surface area contributed by atoms with E-state index in [4.69, 9.17) is 28.2 Å². The summed E-state index contributed by atoms with van der Waals surface area (Å²) in [5.41, 5.74) is 4.00. The van der Waals surface area contributed by atoms with Crippen molar-refractivity contribution < 1.29 is 0 Å². The summed E-state index contributed by atoms with van der Waals surface area (Å²) < 4.78 is 1.64. The monoisotopic (exact) mass is 349 g/mol. The average molecular weight is 350 g/mol. The highest BCUT2D eigenvalue weighted by atomic mass is 35.5. The maximum absolute atomic E-state index is 6.24. The van der Waals surface area contributed by atoms with Crippen LogP contribution in [0.3, 0.4) is 0 Å². The van der Waals surface area contributed by atoms with Crippen LogP contribution in [0.2, 0.25) is 10.2 Å². The normalized spacial score (nSPS) is 16.6. The molecule has 112 valence electrons. The van der Waals surface area contributed by atoms with E-state index in [1.807, 2.05) is 6.07 Å². The molecule has 0 aliphatic carbocycles. The van der Waals surface area contributed by atoms with E-state index < -0.39 is 0 Å². The van der Waals surface area contributed by atoms with Crippen LogP contribution in [0, 0.1) is 0 Å². The average Bonchev–Trinajstić information content (AvgIpc) is 3.02. The van der Waals surface area contributed by atoms with E-state index in [2.05, 4.69) is 30.4 Å². The first kappa shape index (κ1) is 14.2. The van der Waals surface area contributed by atoms with Crippen LogP contribution in [-0.4, -0.2) is 20.9 Å². The Labute approximate surface area is 142 Å². The molecule has 0 saturated heterocycles. The largest absolute Gasteiger partial charge is 0.277 e. The van der Waals surface area contributed by atoms with Crippen LogP contribution in [0.25, 0.3) is 5.52 Å². The highest BCUT2D eigenvalue weighted by Gasteiger charge is 2.28. The molecule has 0 bridgehead atoms. The van der Waals surface area contributed by atoms with Gasteiger partial charge in [0.2, 0.25) is 0 Å². The van der Waals surface area contributed by atoms with Crippen LogP contribution in [0.4, 0.5) is 0 Å². The van der Waals surface area contributed by atoms with Crippen molar-refractivity contribution in [1.82, 2.24) is 9.61 Å². The molecule has 22 heavy (non-hydrogen) atoms. The third-order valence-electron chi connectivity index (χ3n) is 3.80. The predicted molar refractivity (Wildman–Crippen MR) is 93.0 cm³/mol. The fraction of sp³-hybridized carbons (Fsp3) is 0.250. The van der Waals surface area contributed by atoms with Gasteiger partial charge < -0.3 is 0 Å². The van der Waals surface area contributed by atoms with Crippen molar-refractivity contribution in [3.63, 3.8) is 0 Å². The van der Waals surface area contributed by atoms with E-state index in [1.54, 1.807) is 28.1 Å². The Balaban J connectivity index is 1.94. The lowest BCUT2D eigenvalue weighted by molar-refractivity contribution is 0.515. The van der Waals surface area contributed by atoms with Crippen LogP contribution < -0.4 is 0 Å². The van der Waals surface area contributed by atoms with Crippen LogP contribution >= 0.6 is 34.5 Å². The fourth-order valence-electron chi connectivity index (χ4n) is 2.87. The second-order valence-corrected chi connectivity index (χ2v) is 7.79. The van der Waals surface area contributed by atoms with E-state index in [-0.39, 0.29) is 5.54 Å². The van der Waals surface area contributed by atoms with E-state index in [0.717, 1.165) is 23.2 Å². The standard InChI is InChI=1S/C16H13Cl2N3S/c1-16(2)7-9-3-4-22-15(9)14(20-16)10-5-12-11(17)6-13(18)21(12)19-8-10/h3-6,8H,7H2,1-2H3. The Morgan fingerprint density at radius 2 is 2.09 bits per heavy atom. The van der Waals surface area contributed by atoms with Gasteiger partial charge in [0.15, 0.2) is 0 Å². The van der Waals surface area contributed by atoms with Crippen molar-refractivity contribution in [3.05, 3.63) is 56.0 Å². The molecule has 0 unspecified atom stereocenters. The molecule has 3 aromatic heterocycles. The van der Waals surface area contributed by atoms with Gasteiger partial charge in [-0.2, -0.15) is 5.10 Å². The van der Waals surface area contributed by atoms with Crippen molar-refractivity contribution >= 4 is 45.8 Å². The van der Waals surface area contributed by atoms with Gasteiger partial charge in [0.1, 0.15) is 5.15 Å². The Kier molecular flexibility index (Phi) is 3.12. The molecule has 0 radical (unpaired) electrons. The number of aromatic nitrogens is 2. The smallest absolute Gasteiger partial charge is 0.132 e. The minimum Gasteiger partial charge on any atom is -0.277 e. The zero-order valence-corrected chi connectivity index (χ0v) is 14.4. The molecule has 0 atom stereocenters. The molecule has 0 aromatic carbocycles. The number of nitrogens with zero attached hydrogens (tertiary/aromatic N) is 3. The summed E-state index contributed by atoms with van der Waals surface area (Å²) >= 11 is 14.1. The number of rotatable bonds is 1. The quantitative estimate of drug-likeness (QED) is 0.615. The summed E-state index contributed by atoms with van der Waals surface area (Å²) in [6, 6.07) is 5.90. The molecule has 3 nitrogen and oxygen atoms in total.